The third-order valence-corrected chi connectivity index (χ3v) is 14.4. The van der Waals surface area contributed by atoms with Crippen LogP contribution in [0.15, 0.2) is 265 Å². The van der Waals surface area contributed by atoms with E-state index in [1.165, 1.54) is 33.0 Å². The van der Waals surface area contributed by atoms with Crippen molar-refractivity contribution in [3.8, 4) is 22.3 Å². The van der Waals surface area contributed by atoms with Crippen LogP contribution in [-0.2, 0) is 5.41 Å². The predicted molar refractivity (Wildman–Crippen MR) is 298 cm³/mol. The van der Waals surface area contributed by atoms with Crippen LogP contribution in [0.25, 0.3) is 55.0 Å². The largest absolute Gasteiger partial charge is 0.456 e. The number of rotatable bonds is 10. The lowest BCUT2D eigenvalue weighted by molar-refractivity contribution is 0.660. The Balaban J connectivity index is 1.04. The molecule has 0 aliphatic heterocycles. The van der Waals surface area contributed by atoms with Crippen molar-refractivity contribution in [1.29, 1.82) is 0 Å². The molecule has 0 atom stereocenters. The maximum absolute atomic E-state index is 6.47. The van der Waals surface area contributed by atoms with Crippen LogP contribution in [0.4, 0.5) is 51.2 Å². The molecule has 1 heterocycles. The molecule has 4 heteroatoms. The van der Waals surface area contributed by atoms with Gasteiger partial charge >= 0.3 is 0 Å². The van der Waals surface area contributed by atoms with Gasteiger partial charge in [-0.2, -0.15) is 0 Å². The van der Waals surface area contributed by atoms with E-state index in [1.807, 2.05) is 12.1 Å². The summed E-state index contributed by atoms with van der Waals surface area (Å²) in [7, 11) is 0. The van der Waals surface area contributed by atoms with Crippen molar-refractivity contribution in [3.63, 3.8) is 0 Å². The minimum absolute atomic E-state index is 0.184. The fourth-order valence-corrected chi connectivity index (χ4v) is 11.0. The van der Waals surface area contributed by atoms with E-state index in [-0.39, 0.29) is 5.41 Å². The predicted octanol–water partition coefficient (Wildman–Crippen LogP) is 19.1. The lowest BCUT2D eigenvalue weighted by Crippen LogP contribution is -2.17. The summed E-state index contributed by atoms with van der Waals surface area (Å²) in [6, 6.07) is 94.3. The van der Waals surface area contributed by atoms with E-state index in [0.29, 0.717) is 0 Å². The van der Waals surface area contributed by atoms with E-state index in [0.717, 1.165) is 84.3 Å². The molecule has 13 rings (SSSR count). The smallest absolute Gasteiger partial charge is 0.137 e. The zero-order valence-corrected chi connectivity index (χ0v) is 39.6. The van der Waals surface area contributed by atoms with Gasteiger partial charge in [0.25, 0.3) is 0 Å². The van der Waals surface area contributed by atoms with Crippen molar-refractivity contribution in [3.05, 3.63) is 272 Å². The summed E-state index contributed by atoms with van der Waals surface area (Å²) < 4.78 is 6.47. The Morgan fingerprint density at radius 1 is 0.296 bits per heavy atom. The third kappa shape index (κ3) is 7.31. The number of benzene rings is 11. The maximum atomic E-state index is 6.47. The van der Waals surface area contributed by atoms with Gasteiger partial charge in [0.1, 0.15) is 11.2 Å². The van der Waals surface area contributed by atoms with Gasteiger partial charge in [0.05, 0.1) is 5.69 Å². The molecule has 0 bridgehead atoms. The Kier molecular flexibility index (Phi) is 10.1. The average Bonchev–Trinajstić information content (AvgIpc) is 3.91. The number of hydrogen-bond donors (Lipinski definition) is 0. The van der Waals surface area contributed by atoms with Crippen LogP contribution in [0.1, 0.15) is 25.0 Å². The van der Waals surface area contributed by atoms with E-state index in [9.17, 15) is 0 Å². The first-order chi connectivity index (χ1) is 35.0. The second-order valence-electron chi connectivity index (χ2n) is 19.0. The third-order valence-electron chi connectivity index (χ3n) is 14.4. The highest BCUT2D eigenvalue weighted by Gasteiger charge is 2.36. The molecule has 12 aromatic rings. The minimum Gasteiger partial charge on any atom is -0.456 e. The Hall–Kier alpha value is -9.12. The van der Waals surface area contributed by atoms with E-state index in [4.69, 9.17) is 4.42 Å². The molecule has 71 heavy (non-hydrogen) atoms. The molecular formula is C67H49N3O. The highest BCUT2D eigenvalue weighted by Crippen LogP contribution is 2.52. The van der Waals surface area contributed by atoms with E-state index in [2.05, 4.69) is 277 Å². The fourth-order valence-electron chi connectivity index (χ4n) is 11.0. The van der Waals surface area contributed by atoms with E-state index in [1.54, 1.807) is 0 Å². The quantitative estimate of drug-likeness (QED) is 0.136. The molecule has 0 saturated heterocycles. The van der Waals surface area contributed by atoms with Crippen LogP contribution in [0.2, 0.25) is 0 Å². The van der Waals surface area contributed by atoms with Crippen LogP contribution in [-0.4, -0.2) is 0 Å². The summed E-state index contributed by atoms with van der Waals surface area (Å²) in [5.41, 5.74) is 18.5. The number of hydrogen-bond acceptors (Lipinski definition) is 4. The number of para-hydroxylation sites is 4. The first kappa shape index (κ1) is 42.0. The summed E-state index contributed by atoms with van der Waals surface area (Å²) >= 11 is 0. The number of anilines is 9. The SMILES string of the molecule is CC1(C)c2ccccc2-c2ccc(N(c3cc(-c4cccc(N(c5ccccc5)c5ccc6c(c5)oc5ccccc56)c4)cc(N(c4ccccc4)c4ccccc4)c3)c3cccc4ccccc34)cc21. The Labute approximate surface area is 414 Å². The van der Waals surface area contributed by atoms with Gasteiger partial charge in [-0.3, -0.25) is 0 Å². The molecule has 0 saturated carbocycles. The maximum Gasteiger partial charge on any atom is 0.137 e. The van der Waals surface area contributed by atoms with Crippen LogP contribution < -0.4 is 14.7 Å². The van der Waals surface area contributed by atoms with Crippen LogP contribution in [0.5, 0.6) is 0 Å². The molecule has 1 aliphatic rings. The standard InChI is InChI=1S/C67H49N3O/c1-67(2)62-33-16-14-31-58(62)59-38-36-53(44-63(59)67)70(64-34-19-21-46-20-12-13-30-57(46)64)56-42-48(41-55(43-56)68(49-23-6-3-7-24-49)50-25-8-4-9-26-50)47-22-18-29-52(40-47)69(51-27-10-5-11-28-51)54-37-39-61-60-32-15-17-35-65(60)71-66(61)45-54/h3-45H,1-2H3. The minimum atomic E-state index is -0.184. The summed E-state index contributed by atoms with van der Waals surface area (Å²) in [4.78, 5) is 7.18. The molecular weight excluding hydrogens is 863 g/mol. The summed E-state index contributed by atoms with van der Waals surface area (Å²) in [6.45, 7) is 4.72. The zero-order chi connectivity index (χ0) is 47.5. The molecule has 0 fully saturated rings. The van der Waals surface area contributed by atoms with Gasteiger partial charge in [-0.15, -0.1) is 0 Å². The summed E-state index contributed by atoms with van der Waals surface area (Å²) in [5.74, 6) is 0. The molecule has 1 aromatic heterocycles. The summed E-state index contributed by atoms with van der Waals surface area (Å²) in [6.07, 6.45) is 0. The molecule has 11 aromatic carbocycles. The normalized spacial score (nSPS) is 12.5. The van der Waals surface area contributed by atoms with Crippen molar-refractivity contribution in [1.82, 2.24) is 0 Å². The number of nitrogens with zero attached hydrogens (tertiary/aromatic N) is 3. The van der Waals surface area contributed by atoms with Gasteiger partial charge in [-0.25, -0.2) is 0 Å². The van der Waals surface area contributed by atoms with Crippen LogP contribution in [0, 0.1) is 0 Å². The number of fused-ring (bicyclic) bond motifs is 7. The van der Waals surface area contributed by atoms with Gasteiger partial charge in [0, 0.05) is 73.1 Å². The van der Waals surface area contributed by atoms with Crippen molar-refractivity contribution in [2.24, 2.45) is 0 Å². The molecule has 0 N–H and O–H groups in total. The van der Waals surface area contributed by atoms with Crippen molar-refractivity contribution in [2.75, 3.05) is 14.7 Å². The van der Waals surface area contributed by atoms with Crippen molar-refractivity contribution < 1.29 is 4.42 Å². The fraction of sp³-hybridized carbons (Fsp3) is 0.0448. The Morgan fingerprint density at radius 3 is 1.55 bits per heavy atom. The molecule has 1 aliphatic carbocycles. The van der Waals surface area contributed by atoms with E-state index < -0.39 is 0 Å². The highest BCUT2D eigenvalue weighted by atomic mass is 16.3. The average molecular weight is 912 g/mol. The molecule has 0 unspecified atom stereocenters. The van der Waals surface area contributed by atoms with Gasteiger partial charge in [0.15, 0.2) is 0 Å². The topological polar surface area (TPSA) is 22.9 Å². The van der Waals surface area contributed by atoms with Gasteiger partial charge in [-0.1, -0.05) is 166 Å². The van der Waals surface area contributed by atoms with Crippen LogP contribution in [0.3, 0.4) is 0 Å². The van der Waals surface area contributed by atoms with Crippen molar-refractivity contribution >= 4 is 83.9 Å². The van der Waals surface area contributed by atoms with Gasteiger partial charge in [-0.05, 0) is 142 Å². The second kappa shape index (κ2) is 17.1. The highest BCUT2D eigenvalue weighted by molar-refractivity contribution is 6.06. The zero-order valence-electron chi connectivity index (χ0n) is 39.6. The first-order valence-electron chi connectivity index (χ1n) is 24.4. The second-order valence-corrected chi connectivity index (χ2v) is 19.0. The molecule has 0 spiro atoms. The Bertz CT molecular complexity index is 3890. The molecule has 338 valence electrons. The molecule has 0 radical (unpaired) electrons. The number of furan rings is 1. The first-order valence-corrected chi connectivity index (χ1v) is 24.4. The van der Waals surface area contributed by atoms with E-state index >= 15 is 0 Å². The molecule has 0 amide bonds. The van der Waals surface area contributed by atoms with Gasteiger partial charge < -0.3 is 19.1 Å². The molecule has 4 nitrogen and oxygen atoms in total. The van der Waals surface area contributed by atoms with Gasteiger partial charge in [0.2, 0.25) is 0 Å². The van der Waals surface area contributed by atoms with Crippen LogP contribution >= 0.6 is 0 Å². The lowest BCUT2D eigenvalue weighted by Gasteiger charge is -2.32. The Morgan fingerprint density at radius 2 is 0.803 bits per heavy atom. The monoisotopic (exact) mass is 911 g/mol. The lowest BCUT2D eigenvalue weighted by atomic mass is 9.82. The summed E-state index contributed by atoms with van der Waals surface area (Å²) in [5, 5.41) is 4.58. The van der Waals surface area contributed by atoms with Crippen molar-refractivity contribution in [2.45, 2.75) is 19.3 Å².